The molecule has 0 aliphatic carbocycles. The van der Waals surface area contributed by atoms with Crippen molar-refractivity contribution >= 4 is 6.09 Å². The number of hydrogen-bond acceptors (Lipinski definition) is 4. The molecule has 0 aliphatic heterocycles. The van der Waals surface area contributed by atoms with Gasteiger partial charge in [0.15, 0.2) is 0 Å². The predicted molar refractivity (Wildman–Crippen MR) is 75.4 cm³/mol. The standard InChI is InChI=1S/C15H19FN2O3/c1-10(18-14(19)21-15(2,3)4)9-20-13-6-5-12(16)7-11(13)8-17/h5-7,10H,9H2,1-4H3,(H,18,19). The van der Waals surface area contributed by atoms with Crippen LogP contribution in [0, 0.1) is 17.1 Å². The molecule has 0 aliphatic rings. The number of nitrogens with zero attached hydrogens (tertiary/aromatic N) is 1. The molecule has 5 nitrogen and oxygen atoms in total. The molecule has 1 aromatic rings. The van der Waals surface area contributed by atoms with E-state index >= 15 is 0 Å². The maximum atomic E-state index is 13.0. The lowest BCUT2D eigenvalue weighted by Crippen LogP contribution is -2.40. The van der Waals surface area contributed by atoms with Gasteiger partial charge >= 0.3 is 6.09 Å². The molecule has 0 heterocycles. The molecule has 1 amide bonds. The zero-order valence-corrected chi connectivity index (χ0v) is 12.6. The van der Waals surface area contributed by atoms with E-state index < -0.39 is 17.5 Å². The van der Waals surface area contributed by atoms with Crippen LogP contribution in [0.3, 0.4) is 0 Å². The van der Waals surface area contributed by atoms with E-state index in [9.17, 15) is 9.18 Å². The number of halogens is 1. The Labute approximate surface area is 123 Å². The van der Waals surface area contributed by atoms with Crippen LogP contribution in [0.15, 0.2) is 18.2 Å². The normalized spacial score (nSPS) is 12.2. The van der Waals surface area contributed by atoms with Gasteiger partial charge in [-0.05, 0) is 45.9 Å². The molecule has 0 aromatic heterocycles. The van der Waals surface area contributed by atoms with E-state index in [0.29, 0.717) is 0 Å². The van der Waals surface area contributed by atoms with Gasteiger partial charge in [-0.15, -0.1) is 0 Å². The average molecular weight is 294 g/mol. The Balaban J connectivity index is 2.52. The van der Waals surface area contributed by atoms with Crippen LogP contribution in [-0.4, -0.2) is 24.3 Å². The minimum atomic E-state index is -0.574. The van der Waals surface area contributed by atoms with E-state index in [1.807, 2.05) is 6.07 Å². The van der Waals surface area contributed by atoms with Crippen LogP contribution in [0.4, 0.5) is 9.18 Å². The number of alkyl carbamates (subject to hydrolysis) is 1. The molecule has 0 saturated heterocycles. The number of nitrogens with one attached hydrogen (secondary N) is 1. The average Bonchev–Trinajstić information content (AvgIpc) is 2.34. The molecule has 1 aromatic carbocycles. The van der Waals surface area contributed by atoms with Crippen LogP contribution in [-0.2, 0) is 4.74 Å². The highest BCUT2D eigenvalue weighted by molar-refractivity contribution is 5.68. The van der Waals surface area contributed by atoms with Gasteiger partial charge in [0.05, 0.1) is 11.6 Å². The van der Waals surface area contributed by atoms with Crippen molar-refractivity contribution in [2.24, 2.45) is 0 Å². The number of benzene rings is 1. The Kier molecular flexibility index (Phi) is 5.53. The summed E-state index contributed by atoms with van der Waals surface area (Å²) in [7, 11) is 0. The predicted octanol–water partition coefficient (Wildman–Crippen LogP) is 2.99. The van der Waals surface area contributed by atoms with Gasteiger partial charge in [0.25, 0.3) is 0 Å². The third-order valence-corrected chi connectivity index (χ3v) is 2.31. The molecule has 6 heteroatoms. The lowest BCUT2D eigenvalue weighted by atomic mass is 10.2. The minimum Gasteiger partial charge on any atom is -0.490 e. The van der Waals surface area contributed by atoms with E-state index in [-0.39, 0.29) is 24.0 Å². The van der Waals surface area contributed by atoms with Crippen LogP contribution >= 0.6 is 0 Å². The summed E-state index contributed by atoms with van der Waals surface area (Å²) in [4.78, 5) is 11.6. The van der Waals surface area contributed by atoms with Crippen LogP contribution < -0.4 is 10.1 Å². The van der Waals surface area contributed by atoms with Crippen LogP contribution in [0.1, 0.15) is 33.3 Å². The number of rotatable bonds is 4. The second-order valence-corrected chi connectivity index (χ2v) is 5.61. The van der Waals surface area contributed by atoms with E-state index in [0.717, 1.165) is 6.07 Å². The first kappa shape index (κ1) is 16.8. The SMILES string of the molecule is CC(COc1ccc(F)cc1C#N)NC(=O)OC(C)(C)C. The van der Waals surface area contributed by atoms with E-state index in [2.05, 4.69) is 5.32 Å². The lowest BCUT2D eigenvalue weighted by molar-refractivity contribution is 0.0494. The number of nitriles is 1. The van der Waals surface area contributed by atoms with Crippen molar-refractivity contribution in [1.29, 1.82) is 5.26 Å². The summed E-state index contributed by atoms with van der Waals surface area (Å²) in [5, 5.41) is 11.5. The zero-order chi connectivity index (χ0) is 16.0. The first-order chi connectivity index (χ1) is 9.71. The Bertz CT molecular complexity index is 547. The van der Waals surface area contributed by atoms with Gasteiger partial charge < -0.3 is 14.8 Å². The molecule has 0 saturated carbocycles. The monoisotopic (exact) mass is 294 g/mol. The highest BCUT2D eigenvalue weighted by Crippen LogP contribution is 2.18. The third-order valence-electron chi connectivity index (χ3n) is 2.31. The van der Waals surface area contributed by atoms with Crippen LogP contribution in [0.5, 0.6) is 5.75 Å². The van der Waals surface area contributed by atoms with Crippen LogP contribution in [0.25, 0.3) is 0 Å². The molecular formula is C15H19FN2O3. The summed E-state index contributed by atoms with van der Waals surface area (Å²) in [5.41, 5.74) is -0.463. The largest absolute Gasteiger partial charge is 0.490 e. The molecule has 1 N–H and O–H groups in total. The van der Waals surface area contributed by atoms with Crippen molar-refractivity contribution < 1.29 is 18.7 Å². The van der Waals surface area contributed by atoms with Gasteiger partial charge in [-0.1, -0.05) is 0 Å². The maximum absolute atomic E-state index is 13.0. The molecular weight excluding hydrogens is 275 g/mol. The molecule has 0 fully saturated rings. The molecule has 1 unspecified atom stereocenters. The molecule has 0 bridgehead atoms. The van der Waals surface area contributed by atoms with Gasteiger partial charge in [0, 0.05) is 0 Å². The molecule has 114 valence electrons. The second kappa shape index (κ2) is 6.93. The highest BCUT2D eigenvalue weighted by atomic mass is 19.1. The number of carbonyl (C=O) groups excluding carboxylic acids is 1. The van der Waals surface area contributed by atoms with Crippen molar-refractivity contribution in [3.63, 3.8) is 0 Å². The number of ether oxygens (including phenoxy) is 2. The second-order valence-electron chi connectivity index (χ2n) is 5.61. The number of carbonyl (C=O) groups is 1. The molecule has 0 spiro atoms. The van der Waals surface area contributed by atoms with Gasteiger partial charge in [-0.2, -0.15) is 5.26 Å². The topological polar surface area (TPSA) is 71.3 Å². The summed E-state index contributed by atoms with van der Waals surface area (Å²) in [5.74, 6) is -0.226. The summed E-state index contributed by atoms with van der Waals surface area (Å²) in [6.07, 6.45) is -0.543. The van der Waals surface area contributed by atoms with Gasteiger partial charge in [-0.3, -0.25) is 0 Å². The summed E-state index contributed by atoms with van der Waals surface area (Å²) in [6, 6.07) is 5.22. The summed E-state index contributed by atoms with van der Waals surface area (Å²) in [6.45, 7) is 7.18. The fourth-order valence-corrected chi connectivity index (χ4v) is 1.48. The van der Waals surface area contributed by atoms with Crippen molar-refractivity contribution in [3.8, 4) is 11.8 Å². The number of amides is 1. The first-order valence-corrected chi connectivity index (χ1v) is 6.53. The number of hydrogen-bond donors (Lipinski definition) is 1. The minimum absolute atomic E-state index is 0.111. The van der Waals surface area contributed by atoms with Gasteiger partial charge in [0.2, 0.25) is 0 Å². The van der Waals surface area contributed by atoms with Crippen molar-refractivity contribution in [2.45, 2.75) is 39.3 Å². The van der Waals surface area contributed by atoms with Gasteiger partial charge in [-0.25, -0.2) is 9.18 Å². The van der Waals surface area contributed by atoms with Gasteiger partial charge in [0.1, 0.15) is 29.8 Å². The fraction of sp³-hybridized carbons (Fsp3) is 0.467. The van der Waals surface area contributed by atoms with E-state index in [1.165, 1.54) is 12.1 Å². The maximum Gasteiger partial charge on any atom is 0.407 e. The molecule has 1 rings (SSSR count). The summed E-state index contributed by atoms with van der Waals surface area (Å²) < 4.78 is 23.5. The first-order valence-electron chi connectivity index (χ1n) is 6.53. The smallest absolute Gasteiger partial charge is 0.407 e. The third kappa shape index (κ3) is 6.13. The fourth-order valence-electron chi connectivity index (χ4n) is 1.48. The van der Waals surface area contributed by atoms with Crippen molar-refractivity contribution in [3.05, 3.63) is 29.6 Å². The molecule has 0 radical (unpaired) electrons. The van der Waals surface area contributed by atoms with E-state index in [4.69, 9.17) is 14.7 Å². The lowest BCUT2D eigenvalue weighted by Gasteiger charge is -2.22. The van der Waals surface area contributed by atoms with Crippen LogP contribution in [0.2, 0.25) is 0 Å². The summed E-state index contributed by atoms with van der Waals surface area (Å²) >= 11 is 0. The molecule has 21 heavy (non-hydrogen) atoms. The van der Waals surface area contributed by atoms with Crippen molar-refractivity contribution in [1.82, 2.24) is 5.32 Å². The Morgan fingerprint density at radius 1 is 1.48 bits per heavy atom. The Hall–Kier alpha value is -2.29. The highest BCUT2D eigenvalue weighted by Gasteiger charge is 2.18. The molecule has 1 atom stereocenters. The zero-order valence-electron chi connectivity index (χ0n) is 12.6. The quantitative estimate of drug-likeness (QED) is 0.926. The Morgan fingerprint density at radius 3 is 2.71 bits per heavy atom. The Morgan fingerprint density at radius 2 is 2.14 bits per heavy atom. The van der Waals surface area contributed by atoms with E-state index in [1.54, 1.807) is 27.7 Å². The van der Waals surface area contributed by atoms with Crippen molar-refractivity contribution in [2.75, 3.05) is 6.61 Å².